The summed E-state index contributed by atoms with van der Waals surface area (Å²) in [6, 6.07) is 4.21. The second kappa shape index (κ2) is 10.1. The van der Waals surface area contributed by atoms with Gasteiger partial charge in [-0.15, -0.1) is 0 Å². The van der Waals surface area contributed by atoms with E-state index in [0.717, 1.165) is 48.7 Å². The molecule has 3 atom stereocenters. The van der Waals surface area contributed by atoms with Crippen LogP contribution in [0.25, 0.3) is 0 Å². The average Bonchev–Trinajstić information content (AvgIpc) is 2.62. The molecule has 148 valence electrons. The molecule has 3 unspecified atom stereocenters. The molecule has 0 aromatic heterocycles. The third-order valence-corrected chi connectivity index (χ3v) is 5.36. The zero-order valence-electron chi connectivity index (χ0n) is 16.8. The maximum atomic E-state index is 10.4. The second-order valence-corrected chi connectivity index (χ2v) is 7.54. The smallest absolute Gasteiger partial charge is 0.161 e. The van der Waals surface area contributed by atoms with Gasteiger partial charge in [-0.1, -0.05) is 26.7 Å². The van der Waals surface area contributed by atoms with E-state index in [0.29, 0.717) is 13.2 Å². The van der Waals surface area contributed by atoms with E-state index in [1.165, 1.54) is 18.4 Å². The number of fused-ring (bicyclic) bond motifs is 1. The number of nitrogens with two attached hydrogens (primary N) is 1. The minimum atomic E-state index is -0.628. The summed E-state index contributed by atoms with van der Waals surface area (Å²) < 4.78 is 11.0. The first kappa shape index (κ1) is 21.0. The number of aliphatic hydroxyl groups is 1. The summed E-state index contributed by atoms with van der Waals surface area (Å²) in [6.45, 7) is 8.28. The molecule has 1 aromatic rings. The Morgan fingerprint density at radius 3 is 2.77 bits per heavy atom. The number of methoxy groups -OCH3 is 1. The van der Waals surface area contributed by atoms with Gasteiger partial charge < -0.3 is 25.2 Å². The largest absolute Gasteiger partial charge is 0.487 e. The van der Waals surface area contributed by atoms with Crippen LogP contribution >= 0.6 is 0 Å². The van der Waals surface area contributed by atoms with Crippen LogP contribution in [0.1, 0.15) is 63.6 Å². The topological polar surface area (TPSA) is 68.0 Å². The van der Waals surface area contributed by atoms with Crippen molar-refractivity contribution in [2.45, 2.75) is 65.1 Å². The minimum absolute atomic E-state index is 0.0428. The Kier molecular flexibility index (Phi) is 8.19. The molecule has 0 amide bonds. The molecule has 0 bridgehead atoms. The van der Waals surface area contributed by atoms with Crippen LogP contribution in [-0.2, 0) is 11.2 Å². The Bertz CT molecular complexity index is 562. The lowest BCUT2D eigenvalue weighted by Crippen LogP contribution is -2.44. The van der Waals surface area contributed by atoms with E-state index >= 15 is 0 Å². The van der Waals surface area contributed by atoms with Gasteiger partial charge >= 0.3 is 0 Å². The molecular formula is C21H36N2O3. The van der Waals surface area contributed by atoms with E-state index in [1.807, 2.05) is 11.8 Å². The molecule has 1 aliphatic rings. The van der Waals surface area contributed by atoms with Gasteiger partial charge in [0, 0.05) is 26.3 Å². The van der Waals surface area contributed by atoms with Crippen LogP contribution in [0.15, 0.2) is 12.1 Å². The maximum Gasteiger partial charge on any atom is 0.161 e. The van der Waals surface area contributed by atoms with Crippen LogP contribution < -0.4 is 15.4 Å². The quantitative estimate of drug-likeness (QED) is 0.621. The Morgan fingerprint density at radius 1 is 1.35 bits per heavy atom. The molecule has 0 radical (unpaired) electrons. The van der Waals surface area contributed by atoms with E-state index in [2.05, 4.69) is 26.0 Å². The third kappa shape index (κ3) is 5.35. The molecule has 0 aliphatic carbocycles. The molecule has 26 heavy (non-hydrogen) atoms. The predicted molar refractivity (Wildman–Crippen MR) is 107 cm³/mol. The number of aryl methyl sites for hydroxylation is 1. The van der Waals surface area contributed by atoms with Gasteiger partial charge in [-0.25, -0.2) is 0 Å². The lowest BCUT2D eigenvalue weighted by atomic mass is 9.93. The van der Waals surface area contributed by atoms with Crippen molar-refractivity contribution in [1.29, 1.82) is 0 Å². The fraction of sp³-hybridized carbons (Fsp3) is 0.714. The van der Waals surface area contributed by atoms with E-state index in [-0.39, 0.29) is 6.04 Å². The average molecular weight is 365 g/mol. The first-order valence-electron chi connectivity index (χ1n) is 9.96. The standard InChI is InChI=1S/C21H36N2O3/c1-5-15(2)8-6-9-17-12-20-19(13-18(17)16(3)22)23(10-7-11-25-4)21(24)14-26-20/h12-13,15-16,21,24H,5-11,14,22H2,1-4H3. The lowest BCUT2D eigenvalue weighted by molar-refractivity contribution is 0.0881. The van der Waals surface area contributed by atoms with Crippen molar-refractivity contribution in [2.24, 2.45) is 11.7 Å². The number of ether oxygens (including phenoxy) is 2. The number of nitrogens with zero attached hydrogens (tertiary/aromatic N) is 1. The number of anilines is 1. The summed E-state index contributed by atoms with van der Waals surface area (Å²) in [5, 5.41) is 10.4. The lowest BCUT2D eigenvalue weighted by Gasteiger charge is -2.36. The molecule has 0 saturated heterocycles. The van der Waals surface area contributed by atoms with Crippen LogP contribution in [0.4, 0.5) is 5.69 Å². The molecule has 2 rings (SSSR count). The molecule has 0 spiro atoms. The first-order valence-corrected chi connectivity index (χ1v) is 9.96. The normalized spacial score (nSPS) is 19.0. The number of hydrogen-bond acceptors (Lipinski definition) is 5. The summed E-state index contributed by atoms with van der Waals surface area (Å²) >= 11 is 0. The number of aliphatic hydroxyl groups excluding tert-OH is 1. The van der Waals surface area contributed by atoms with Gasteiger partial charge in [0.1, 0.15) is 12.4 Å². The van der Waals surface area contributed by atoms with Crippen molar-refractivity contribution >= 4 is 5.69 Å². The van der Waals surface area contributed by atoms with Crippen LogP contribution in [0.2, 0.25) is 0 Å². The molecule has 1 aliphatic heterocycles. The summed E-state index contributed by atoms with van der Waals surface area (Å²) in [5.41, 5.74) is 9.64. The van der Waals surface area contributed by atoms with Crippen LogP contribution in [-0.4, -0.2) is 38.2 Å². The van der Waals surface area contributed by atoms with Crippen LogP contribution in [0.5, 0.6) is 5.75 Å². The molecular weight excluding hydrogens is 328 g/mol. The van der Waals surface area contributed by atoms with Crippen molar-refractivity contribution in [3.8, 4) is 5.75 Å². The van der Waals surface area contributed by atoms with Gasteiger partial charge in [-0.05, 0) is 55.4 Å². The Morgan fingerprint density at radius 2 is 2.12 bits per heavy atom. The molecule has 5 heteroatoms. The van der Waals surface area contributed by atoms with E-state index in [4.69, 9.17) is 15.2 Å². The Hall–Kier alpha value is -1.30. The second-order valence-electron chi connectivity index (χ2n) is 7.54. The van der Waals surface area contributed by atoms with Crippen molar-refractivity contribution < 1.29 is 14.6 Å². The summed E-state index contributed by atoms with van der Waals surface area (Å²) in [7, 11) is 1.70. The Balaban J connectivity index is 2.22. The fourth-order valence-electron chi connectivity index (χ4n) is 3.52. The third-order valence-electron chi connectivity index (χ3n) is 5.36. The summed E-state index contributed by atoms with van der Waals surface area (Å²) in [4.78, 5) is 2.01. The zero-order valence-corrected chi connectivity index (χ0v) is 16.8. The van der Waals surface area contributed by atoms with Gasteiger partial charge in [0.25, 0.3) is 0 Å². The minimum Gasteiger partial charge on any atom is -0.487 e. The fourth-order valence-corrected chi connectivity index (χ4v) is 3.52. The van der Waals surface area contributed by atoms with Crippen molar-refractivity contribution in [3.63, 3.8) is 0 Å². The predicted octanol–water partition coefficient (Wildman–Crippen LogP) is 3.63. The molecule has 0 fully saturated rings. The highest BCUT2D eigenvalue weighted by molar-refractivity contribution is 5.64. The highest BCUT2D eigenvalue weighted by Gasteiger charge is 2.27. The first-order chi connectivity index (χ1) is 12.5. The van der Waals surface area contributed by atoms with Crippen LogP contribution in [0, 0.1) is 5.92 Å². The number of rotatable bonds is 10. The van der Waals surface area contributed by atoms with Gasteiger partial charge in [-0.2, -0.15) is 0 Å². The highest BCUT2D eigenvalue weighted by atomic mass is 16.5. The molecule has 5 nitrogen and oxygen atoms in total. The molecule has 1 heterocycles. The van der Waals surface area contributed by atoms with Gasteiger partial charge in [0.15, 0.2) is 6.23 Å². The summed E-state index contributed by atoms with van der Waals surface area (Å²) in [5.74, 6) is 1.62. The van der Waals surface area contributed by atoms with Crippen molar-refractivity contribution in [3.05, 3.63) is 23.3 Å². The highest BCUT2D eigenvalue weighted by Crippen LogP contribution is 2.38. The number of hydrogen-bond donors (Lipinski definition) is 2. The van der Waals surface area contributed by atoms with E-state index < -0.39 is 6.23 Å². The Labute approximate surface area is 158 Å². The van der Waals surface area contributed by atoms with Crippen LogP contribution in [0.3, 0.4) is 0 Å². The number of benzene rings is 1. The molecule has 1 aromatic carbocycles. The molecule has 0 saturated carbocycles. The van der Waals surface area contributed by atoms with Crippen molar-refractivity contribution in [1.82, 2.24) is 0 Å². The summed E-state index contributed by atoms with van der Waals surface area (Å²) in [6.07, 6.45) is 4.86. The van der Waals surface area contributed by atoms with Gasteiger partial charge in [0.2, 0.25) is 0 Å². The maximum absolute atomic E-state index is 10.4. The SMILES string of the molecule is CCC(C)CCCc1cc2c(cc1C(C)N)N(CCCOC)C(O)CO2. The van der Waals surface area contributed by atoms with Gasteiger partial charge in [-0.3, -0.25) is 0 Å². The van der Waals surface area contributed by atoms with Gasteiger partial charge in [0.05, 0.1) is 5.69 Å². The van der Waals surface area contributed by atoms with E-state index in [9.17, 15) is 5.11 Å². The zero-order chi connectivity index (χ0) is 19.1. The monoisotopic (exact) mass is 364 g/mol. The van der Waals surface area contributed by atoms with E-state index in [1.54, 1.807) is 7.11 Å². The molecule has 3 N–H and O–H groups in total. The van der Waals surface area contributed by atoms with Crippen molar-refractivity contribution in [2.75, 3.05) is 31.8 Å².